The minimum atomic E-state index is -4.76. The standard InChI is InChI=1S/C28H24F3N5O3/c1-36(25-13-14-33-27(35-25)34-21-4-2-3-20(17-21)26(32)38)22-9-5-18(6-10-22)15-23(37)16-19-7-11-24(12-8-19)39-28(29,30)31/h2-14,17H,15-16H2,1H3,(H2,32,38)(H,33,34,35). The Bertz CT molecular complexity index is 1460. The first-order valence-corrected chi connectivity index (χ1v) is 11.7. The lowest BCUT2D eigenvalue weighted by Crippen LogP contribution is -2.17. The molecule has 0 spiro atoms. The number of halogens is 3. The van der Waals surface area contributed by atoms with Crippen molar-refractivity contribution >= 4 is 34.8 Å². The van der Waals surface area contributed by atoms with Crippen LogP contribution in [0.3, 0.4) is 0 Å². The molecule has 4 rings (SSSR count). The van der Waals surface area contributed by atoms with Crippen LogP contribution in [-0.4, -0.2) is 35.1 Å². The molecule has 1 aromatic heterocycles. The van der Waals surface area contributed by atoms with Crippen molar-refractivity contribution in [2.24, 2.45) is 5.73 Å². The van der Waals surface area contributed by atoms with Gasteiger partial charge in [0.25, 0.3) is 0 Å². The van der Waals surface area contributed by atoms with Crippen molar-refractivity contribution in [3.8, 4) is 5.75 Å². The number of anilines is 4. The van der Waals surface area contributed by atoms with Gasteiger partial charge in [-0.05, 0) is 59.7 Å². The van der Waals surface area contributed by atoms with Gasteiger partial charge < -0.3 is 20.7 Å². The van der Waals surface area contributed by atoms with Gasteiger partial charge in [-0.15, -0.1) is 13.2 Å². The second-order valence-corrected chi connectivity index (χ2v) is 8.62. The Morgan fingerprint density at radius 2 is 1.59 bits per heavy atom. The van der Waals surface area contributed by atoms with E-state index < -0.39 is 12.3 Å². The lowest BCUT2D eigenvalue weighted by molar-refractivity contribution is -0.274. The van der Waals surface area contributed by atoms with Crippen LogP contribution in [0.25, 0.3) is 0 Å². The number of hydrogen-bond acceptors (Lipinski definition) is 7. The van der Waals surface area contributed by atoms with Crippen molar-refractivity contribution in [1.29, 1.82) is 0 Å². The zero-order chi connectivity index (χ0) is 28.0. The van der Waals surface area contributed by atoms with E-state index in [0.717, 1.165) is 11.3 Å². The quantitative estimate of drug-likeness (QED) is 0.282. The summed E-state index contributed by atoms with van der Waals surface area (Å²) in [5, 5.41) is 3.06. The third kappa shape index (κ3) is 7.78. The molecular weight excluding hydrogens is 511 g/mol. The summed E-state index contributed by atoms with van der Waals surface area (Å²) in [6.45, 7) is 0. The Kier molecular flexibility index (Phi) is 8.09. The van der Waals surface area contributed by atoms with E-state index in [-0.39, 0.29) is 24.4 Å². The second kappa shape index (κ2) is 11.6. The van der Waals surface area contributed by atoms with E-state index in [1.807, 2.05) is 36.2 Å². The Labute approximate surface area is 222 Å². The first kappa shape index (κ1) is 27.1. The van der Waals surface area contributed by atoms with Gasteiger partial charge in [-0.25, -0.2) is 4.98 Å². The predicted molar refractivity (Wildman–Crippen MR) is 140 cm³/mol. The van der Waals surface area contributed by atoms with Crippen LogP contribution in [0.4, 0.5) is 36.3 Å². The van der Waals surface area contributed by atoms with Crippen LogP contribution >= 0.6 is 0 Å². The van der Waals surface area contributed by atoms with Gasteiger partial charge in [0.1, 0.15) is 17.4 Å². The number of primary amides is 1. The maximum absolute atomic E-state index is 12.5. The van der Waals surface area contributed by atoms with Crippen molar-refractivity contribution < 1.29 is 27.5 Å². The van der Waals surface area contributed by atoms with Gasteiger partial charge >= 0.3 is 6.36 Å². The van der Waals surface area contributed by atoms with Crippen molar-refractivity contribution in [2.45, 2.75) is 19.2 Å². The monoisotopic (exact) mass is 535 g/mol. The van der Waals surface area contributed by atoms with Gasteiger partial charge in [0, 0.05) is 43.0 Å². The van der Waals surface area contributed by atoms with E-state index in [9.17, 15) is 22.8 Å². The van der Waals surface area contributed by atoms with E-state index in [2.05, 4.69) is 20.0 Å². The van der Waals surface area contributed by atoms with Crippen LogP contribution in [-0.2, 0) is 17.6 Å². The van der Waals surface area contributed by atoms with Gasteiger partial charge in [0.2, 0.25) is 11.9 Å². The normalized spacial score (nSPS) is 11.1. The summed E-state index contributed by atoms with van der Waals surface area (Å²) < 4.78 is 40.7. The molecule has 0 saturated carbocycles. The van der Waals surface area contributed by atoms with E-state index in [0.29, 0.717) is 28.6 Å². The first-order valence-electron chi connectivity index (χ1n) is 11.7. The topological polar surface area (TPSA) is 110 Å². The molecule has 3 N–H and O–H groups in total. The number of hydrogen-bond donors (Lipinski definition) is 2. The Hall–Kier alpha value is -4.93. The maximum Gasteiger partial charge on any atom is 0.573 e. The van der Waals surface area contributed by atoms with Crippen LogP contribution < -0.4 is 20.7 Å². The minimum Gasteiger partial charge on any atom is -0.406 e. The molecule has 3 aromatic carbocycles. The summed E-state index contributed by atoms with van der Waals surface area (Å²) >= 11 is 0. The van der Waals surface area contributed by atoms with E-state index in [4.69, 9.17) is 5.73 Å². The number of amides is 1. The third-order valence-corrected chi connectivity index (χ3v) is 5.67. The summed E-state index contributed by atoms with van der Waals surface area (Å²) in [6, 6.07) is 21.1. The van der Waals surface area contributed by atoms with Gasteiger partial charge in [-0.1, -0.05) is 30.3 Å². The molecule has 200 valence electrons. The molecule has 39 heavy (non-hydrogen) atoms. The second-order valence-electron chi connectivity index (χ2n) is 8.62. The molecule has 0 atom stereocenters. The summed E-state index contributed by atoms with van der Waals surface area (Å²) in [4.78, 5) is 34.5. The summed E-state index contributed by atoms with van der Waals surface area (Å²) in [5.74, 6) is 0.00290. The minimum absolute atomic E-state index is 0.0764. The van der Waals surface area contributed by atoms with Crippen molar-refractivity contribution in [3.63, 3.8) is 0 Å². The molecule has 0 aliphatic carbocycles. The zero-order valence-corrected chi connectivity index (χ0v) is 20.8. The number of ether oxygens (including phenoxy) is 1. The number of carbonyl (C=O) groups excluding carboxylic acids is 2. The number of nitrogens with zero attached hydrogens (tertiary/aromatic N) is 3. The van der Waals surface area contributed by atoms with Crippen LogP contribution in [0.5, 0.6) is 5.75 Å². The number of benzene rings is 3. The Morgan fingerprint density at radius 1 is 0.949 bits per heavy atom. The van der Waals surface area contributed by atoms with Crippen molar-refractivity contribution in [3.05, 3.63) is 102 Å². The lowest BCUT2D eigenvalue weighted by Gasteiger charge is -2.19. The van der Waals surface area contributed by atoms with Gasteiger partial charge in [0.05, 0.1) is 0 Å². The smallest absolute Gasteiger partial charge is 0.406 e. The fourth-order valence-electron chi connectivity index (χ4n) is 3.77. The highest BCUT2D eigenvalue weighted by Gasteiger charge is 2.31. The molecule has 0 unspecified atom stereocenters. The van der Waals surface area contributed by atoms with Crippen molar-refractivity contribution in [1.82, 2.24) is 9.97 Å². The molecule has 0 aliphatic heterocycles. The fraction of sp³-hybridized carbons (Fsp3) is 0.143. The average molecular weight is 536 g/mol. The number of rotatable bonds is 10. The largest absolute Gasteiger partial charge is 0.573 e. The fourth-order valence-corrected chi connectivity index (χ4v) is 3.77. The molecule has 0 aliphatic rings. The van der Waals surface area contributed by atoms with Gasteiger partial charge in [-0.2, -0.15) is 4.98 Å². The highest BCUT2D eigenvalue weighted by atomic mass is 19.4. The van der Waals surface area contributed by atoms with E-state index >= 15 is 0 Å². The highest BCUT2D eigenvalue weighted by Crippen LogP contribution is 2.25. The summed E-state index contributed by atoms with van der Waals surface area (Å²) in [6.07, 6.45) is -2.89. The molecule has 8 nitrogen and oxygen atoms in total. The number of alkyl halides is 3. The lowest BCUT2D eigenvalue weighted by atomic mass is 10.0. The number of nitrogens with one attached hydrogen (secondary N) is 1. The van der Waals surface area contributed by atoms with E-state index in [1.165, 1.54) is 24.3 Å². The van der Waals surface area contributed by atoms with Gasteiger partial charge in [-0.3, -0.25) is 9.59 Å². The van der Waals surface area contributed by atoms with Crippen LogP contribution in [0.2, 0.25) is 0 Å². The first-order chi connectivity index (χ1) is 18.6. The number of carbonyl (C=O) groups is 2. The highest BCUT2D eigenvalue weighted by molar-refractivity contribution is 5.93. The SMILES string of the molecule is CN(c1ccc(CC(=O)Cc2ccc(OC(F)(F)F)cc2)cc1)c1ccnc(Nc2cccc(C(N)=O)c2)n1. The third-order valence-electron chi connectivity index (χ3n) is 5.67. The van der Waals surface area contributed by atoms with Crippen LogP contribution in [0, 0.1) is 0 Å². The molecule has 1 amide bonds. The number of Topliss-reactive ketones (excluding diaryl/α,β-unsaturated/α-hetero) is 1. The average Bonchev–Trinajstić information content (AvgIpc) is 2.89. The van der Waals surface area contributed by atoms with Crippen molar-refractivity contribution in [2.75, 3.05) is 17.3 Å². The maximum atomic E-state index is 12.5. The Morgan fingerprint density at radius 3 is 2.21 bits per heavy atom. The molecule has 0 radical (unpaired) electrons. The molecule has 0 bridgehead atoms. The molecule has 11 heteroatoms. The summed E-state index contributed by atoms with van der Waals surface area (Å²) in [5.41, 5.74) is 8.54. The van der Waals surface area contributed by atoms with Crippen LogP contribution in [0.1, 0.15) is 21.5 Å². The molecule has 1 heterocycles. The van der Waals surface area contributed by atoms with Crippen LogP contribution in [0.15, 0.2) is 85.1 Å². The Balaban J connectivity index is 1.36. The van der Waals surface area contributed by atoms with E-state index in [1.54, 1.807) is 36.5 Å². The number of ketones is 1. The number of nitrogens with two attached hydrogens (primary N) is 1. The molecule has 0 fully saturated rings. The van der Waals surface area contributed by atoms with Gasteiger partial charge in [0.15, 0.2) is 0 Å². The summed E-state index contributed by atoms with van der Waals surface area (Å²) in [7, 11) is 1.84. The number of aromatic nitrogens is 2. The molecular formula is C28H24F3N5O3. The predicted octanol–water partition coefficient (Wildman–Crippen LogP) is 5.34. The molecule has 4 aromatic rings. The molecule has 0 saturated heterocycles. The zero-order valence-electron chi connectivity index (χ0n) is 20.8.